The fourth-order valence-corrected chi connectivity index (χ4v) is 3.28. The fraction of sp³-hybridized carbons (Fsp3) is 0.438. The van der Waals surface area contributed by atoms with Crippen LogP contribution in [0.5, 0.6) is 5.75 Å². The first-order chi connectivity index (χ1) is 10.7. The van der Waals surface area contributed by atoms with E-state index in [9.17, 15) is 0 Å². The molecule has 1 atom stereocenters. The molecule has 22 heavy (non-hydrogen) atoms. The number of aryl methyl sites for hydroxylation is 1. The largest absolute Gasteiger partial charge is 0.497 e. The number of methoxy groups -OCH3 is 1. The van der Waals surface area contributed by atoms with E-state index in [1.165, 1.54) is 5.56 Å². The Bertz CT molecular complexity index is 643. The molecule has 0 aliphatic carbocycles. The van der Waals surface area contributed by atoms with Crippen LogP contribution in [0.3, 0.4) is 0 Å². The summed E-state index contributed by atoms with van der Waals surface area (Å²) in [5.41, 5.74) is 1.24. The number of ether oxygens (including phenoxy) is 1. The average molecular weight is 365 g/mol. The Labute approximate surface area is 139 Å². The summed E-state index contributed by atoms with van der Waals surface area (Å²) in [6.45, 7) is 3.80. The Kier molecular flexibility index (Phi) is 4.81. The fourth-order valence-electron chi connectivity index (χ4n) is 2.91. The minimum atomic E-state index is 0.284. The third kappa shape index (κ3) is 3.19. The lowest BCUT2D eigenvalue weighted by Crippen LogP contribution is -2.46. The maximum atomic E-state index is 5.35. The molecule has 1 aromatic carbocycles. The van der Waals surface area contributed by atoms with Gasteiger partial charge in [0.1, 0.15) is 11.6 Å². The molecule has 2 aromatic rings. The maximum absolute atomic E-state index is 5.35. The van der Waals surface area contributed by atoms with Gasteiger partial charge in [0.15, 0.2) is 0 Å². The lowest BCUT2D eigenvalue weighted by Gasteiger charge is -2.36. The smallest absolute Gasteiger partial charge is 0.127 e. The van der Waals surface area contributed by atoms with Crippen molar-refractivity contribution in [3.63, 3.8) is 0 Å². The Morgan fingerprint density at radius 1 is 1.45 bits per heavy atom. The Morgan fingerprint density at radius 2 is 2.32 bits per heavy atom. The molecule has 5 nitrogen and oxygen atoms in total. The Morgan fingerprint density at radius 3 is 3.05 bits per heavy atom. The summed E-state index contributed by atoms with van der Waals surface area (Å²) in [7, 11) is 3.76. The van der Waals surface area contributed by atoms with Gasteiger partial charge in [-0.25, -0.2) is 4.98 Å². The molecule has 0 spiro atoms. The molecular formula is C16H21BrN4O. The van der Waals surface area contributed by atoms with Crippen molar-refractivity contribution in [1.29, 1.82) is 0 Å². The monoisotopic (exact) mass is 364 g/mol. The summed E-state index contributed by atoms with van der Waals surface area (Å²) in [5, 5.41) is 3.47. The predicted molar refractivity (Wildman–Crippen MR) is 89.9 cm³/mol. The minimum Gasteiger partial charge on any atom is -0.497 e. The summed E-state index contributed by atoms with van der Waals surface area (Å²) >= 11 is 3.65. The van der Waals surface area contributed by atoms with Crippen LogP contribution in [0.25, 0.3) is 0 Å². The van der Waals surface area contributed by atoms with Crippen molar-refractivity contribution < 1.29 is 4.74 Å². The maximum Gasteiger partial charge on any atom is 0.127 e. The molecule has 1 fully saturated rings. The molecule has 1 unspecified atom stereocenters. The topological polar surface area (TPSA) is 42.3 Å². The van der Waals surface area contributed by atoms with Gasteiger partial charge in [-0.1, -0.05) is 15.9 Å². The van der Waals surface area contributed by atoms with Crippen LogP contribution in [0.4, 0.5) is 0 Å². The molecule has 1 aromatic heterocycles. The Hall–Kier alpha value is -1.37. The van der Waals surface area contributed by atoms with E-state index in [4.69, 9.17) is 4.74 Å². The first kappa shape index (κ1) is 15.5. The van der Waals surface area contributed by atoms with Gasteiger partial charge in [-0.15, -0.1) is 0 Å². The molecular weight excluding hydrogens is 344 g/mol. The highest BCUT2D eigenvalue weighted by Gasteiger charge is 2.27. The number of imidazole rings is 1. The van der Waals surface area contributed by atoms with Gasteiger partial charge in [-0.3, -0.25) is 4.90 Å². The normalized spacial score (nSPS) is 19.3. The van der Waals surface area contributed by atoms with E-state index < -0.39 is 0 Å². The van der Waals surface area contributed by atoms with Crippen molar-refractivity contribution in [2.45, 2.75) is 12.6 Å². The molecule has 0 saturated carbocycles. The highest BCUT2D eigenvalue weighted by molar-refractivity contribution is 9.10. The number of halogens is 1. The molecule has 1 saturated heterocycles. The molecule has 1 aliphatic heterocycles. The molecule has 6 heteroatoms. The van der Waals surface area contributed by atoms with Crippen molar-refractivity contribution in [1.82, 2.24) is 19.8 Å². The van der Waals surface area contributed by atoms with Crippen LogP contribution in [-0.2, 0) is 13.6 Å². The van der Waals surface area contributed by atoms with Crippen molar-refractivity contribution in [2.75, 3.05) is 26.7 Å². The number of hydrogen-bond donors (Lipinski definition) is 1. The van der Waals surface area contributed by atoms with E-state index in [0.29, 0.717) is 0 Å². The summed E-state index contributed by atoms with van der Waals surface area (Å²) in [5.74, 6) is 1.99. The van der Waals surface area contributed by atoms with E-state index >= 15 is 0 Å². The van der Waals surface area contributed by atoms with Crippen LogP contribution in [0.2, 0.25) is 0 Å². The summed E-state index contributed by atoms with van der Waals surface area (Å²) in [4.78, 5) is 7.00. The standard InChI is InChI=1S/C16H21BrN4O/c1-20-7-6-19-16(20)15-10-18-5-8-21(15)11-12-9-13(22-2)3-4-14(12)17/h3-4,6-7,9,15,18H,5,8,10-11H2,1-2H3. The van der Waals surface area contributed by atoms with Gasteiger partial charge in [-0.2, -0.15) is 0 Å². The van der Waals surface area contributed by atoms with E-state index in [1.54, 1.807) is 7.11 Å². The van der Waals surface area contributed by atoms with Gasteiger partial charge in [0.25, 0.3) is 0 Å². The van der Waals surface area contributed by atoms with Gasteiger partial charge >= 0.3 is 0 Å². The summed E-state index contributed by atoms with van der Waals surface area (Å²) in [6.07, 6.45) is 3.87. The van der Waals surface area contributed by atoms with E-state index in [-0.39, 0.29) is 6.04 Å². The van der Waals surface area contributed by atoms with Crippen LogP contribution >= 0.6 is 15.9 Å². The van der Waals surface area contributed by atoms with Crippen molar-refractivity contribution in [2.24, 2.45) is 7.05 Å². The third-order valence-corrected chi connectivity index (χ3v) is 4.91. The number of piperazine rings is 1. The number of hydrogen-bond acceptors (Lipinski definition) is 4. The second-order valence-electron chi connectivity index (χ2n) is 5.54. The van der Waals surface area contributed by atoms with Crippen molar-refractivity contribution >= 4 is 15.9 Å². The second-order valence-corrected chi connectivity index (χ2v) is 6.40. The van der Waals surface area contributed by atoms with E-state index in [1.807, 2.05) is 24.5 Å². The molecule has 2 heterocycles. The van der Waals surface area contributed by atoms with Gasteiger partial charge in [0, 0.05) is 50.1 Å². The average Bonchev–Trinajstić information content (AvgIpc) is 2.96. The molecule has 0 amide bonds. The zero-order valence-electron chi connectivity index (χ0n) is 12.9. The molecule has 0 radical (unpaired) electrons. The number of benzene rings is 1. The lowest BCUT2D eigenvalue weighted by molar-refractivity contribution is 0.144. The zero-order valence-corrected chi connectivity index (χ0v) is 14.5. The molecule has 1 aliphatic rings. The van der Waals surface area contributed by atoms with E-state index in [2.05, 4.69) is 48.8 Å². The predicted octanol–water partition coefficient (Wildman–Crippen LogP) is 2.34. The first-order valence-electron chi connectivity index (χ1n) is 7.43. The van der Waals surface area contributed by atoms with Crippen LogP contribution < -0.4 is 10.1 Å². The van der Waals surface area contributed by atoms with Crippen LogP contribution in [0, 0.1) is 0 Å². The number of rotatable bonds is 4. The van der Waals surface area contributed by atoms with E-state index in [0.717, 1.165) is 42.2 Å². The molecule has 118 valence electrons. The second kappa shape index (κ2) is 6.81. The van der Waals surface area contributed by atoms with Crippen LogP contribution in [-0.4, -0.2) is 41.2 Å². The van der Waals surface area contributed by atoms with Gasteiger partial charge < -0.3 is 14.6 Å². The van der Waals surface area contributed by atoms with Crippen molar-refractivity contribution in [3.05, 3.63) is 46.5 Å². The summed E-state index contributed by atoms with van der Waals surface area (Å²) in [6, 6.07) is 6.40. The zero-order chi connectivity index (χ0) is 15.5. The van der Waals surface area contributed by atoms with Crippen molar-refractivity contribution in [3.8, 4) is 5.75 Å². The Balaban J connectivity index is 1.84. The number of nitrogens with zero attached hydrogens (tertiary/aromatic N) is 3. The lowest BCUT2D eigenvalue weighted by atomic mass is 10.1. The first-order valence-corrected chi connectivity index (χ1v) is 8.22. The van der Waals surface area contributed by atoms with Crippen LogP contribution in [0.15, 0.2) is 35.1 Å². The molecule has 1 N–H and O–H groups in total. The number of aromatic nitrogens is 2. The highest BCUT2D eigenvalue weighted by Crippen LogP contribution is 2.28. The van der Waals surface area contributed by atoms with Gasteiger partial charge in [0.05, 0.1) is 13.2 Å². The van der Waals surface area contributed by atoms with Crippen LogP contribution in [0.1, 0.15) is 17.4 Å². The molecule has 3 rings (SSSR count). The highest BCUT2D eigenvalue weighted by atomic mass is 79.9. The summed E-state index contributed by atoms with van der Waals surface area (Å²) < 4.78 is 8.57. The quantitative estimate of drug-likeness (QED) is 0.903. The number of nitrogens with one attached hydrogen (secondary N) is 1. The van der Waals surface area contributed by atoms with Gasteiger partial charge in [0.2, 0.25) is 0 Å². The minimum absolute atomic E-state index is 0.284. The third-order valence-electron chi connectivity index (χ3n) is 4.14. The van der Waals surface area contributed by atoms with Gasteiger partial charge in [-0.05, 0) is 23.8 Å². The SMILES string of the molecule is COc1ccc(Br)c(CN2CCNCC2c2nccn2C)c1. The molecule has 0 bridgehead atoms.